The molecule has 0 saturated heterocycles. The van der Waals surface area contributed by atoms with Crippen LogP contribution in [0.4, 0.5) is 5.69 Å². The maximum absolute atomic E-state index is 11.9. The van der Waals surface area contributed by atoms with Gasteiger partial charge in [0.1, 0.15) is 5.69 Å². The van der Waals surface area contributed by atoms with Crippen molar-refractivity contribution < 1.29 is 9.59 Å². The lowest BCUT2D eigenvalue weighted by molar-refractivity contribution is 0.0923. The number of benzene rings is 1. The number of para-hydroxylation sites is 1. The van der Waals surface area contributed by atoms with E-state index in [1.165, 1.54) is 6.20 Å². The van der Waals surface area contributed by atoms with Gasteiger partial charge in [0.25, 0.3) is 11.8 Å². The van der Waals surface area contributed by atoms with E-state index in [2.05, 4.69) is 10.2 Å². The number of anilines is 1. The normalized spacial score (nSPS) is 14.4. The van der Waals surface area contributed by atoms with Crippen LogP contribution < -0.4 is 4.90 Å². The van der Waals surface area contributed by atoms with Crippen molar-refractivity contribution in [2.75, 3.05) is 4.90 Å². The van der Waals surface area contributed by atoms with Gasteiger partial charge < -0.3 is 0 Å². The first-order valence-corrected chi connectivity index (χ1v) is 4.76. The van der Waals surface area contributed by atoms with E-state index in [1.807, 2.05) is 6.07 Å². The molecule has 2 heterocycles. The number of carbonyl (C=O) groups excluding carboxylic acids is 2. The van der Waals surface area contributed by atoms with Gasteiger partial charge >= 0.3 is 0 Å². The number of hydrogen-bond donors (Lipinski definition) is 1. The average molecular weight is 213 g/mol. The summed E-state index contributed by atoms with van der Waals surface area (Å²) in [6, 6.07) is 8.82. The van der Waals surface area contributed by atoms with Gasteiger partial charge in [-0.25, -0.2) is 4.90 Å². The Morgan fingerprint density at radius 3 is 2.50 bits per heavy atom. The fourth-order valence-electron chi connectivity index (χ4n) is 1.75. The van der Waals surface area contributed by atoms with Gasteiger partial charge in [0.15, 0.2) is 0 Å². The van der Waals surface area contributed by atoms with Crippen LogP contribution in [0.15, 0.2) is 36.5 Å². The zero-order chi connectivity index (χ0) is 11.1. The van der Waals surface area contributed by atoms with Crippen molar-refractivity contribution in [1.82, 2.24) is 10.2 Å². The van der Waals surface area contributed by atoms with Crippen LogP contribution in [-0.2, 0) is 0 Å². The highest BCUT2D eigenvalue weighted by Gasteiger charge is 2.38. The molecule has 3 rings (SSSR count). The second-order valence-electron chi connectivity index (χ2n) is 3.44. The van der Waals surface area contributed by atoms with Crippen LogP contribution in [0.3, 0.4) is 0 Å². The van der Waals surface area contributed by atoms with E-state index in [0.29, 0.717) is 11.3 Å². The standard InChI is InChI=1S/C11H7N3O2/c15-10-8-6-12-13-9(8)11(16)14(10)7-4-2-1-3-5-7/h1-6H,(H,12,13). The molecule has 16 heavy (non-hydrogen) atoms. The van der Waals surface area contributed by atoms with Crippen LogP contribution in [0.25, 0.3) is 0 Å². The van der Waals surface area contributed by atoms with Gasteiger partial charge in [-0.3, -0.25) is 14.7 Å². The number of amides is 2. The van der Waals surface area contributed by atoms with Gasteiger partial charge in [-0.05, 0) is 12.1 Å². The van der Waals surface area contributed by atoms with Gasteiger partial charge in [0, 0.05) is 0 Å². The summed E-state index contributed by atoms with van der Waals surface area (Å²) in [6.45, 7) is 0. The number of aromatic nitrogens is 2. The Labute approximate surface area is 90.7 Å². The molecule has 78 valence electrons. The lowest BCUT2D eigenvalue weighted by atomic mass is 10.3. The predicted molar refractivity (Wildman–Crippen MR) is 56.2 cm³/mol. The number of hydrogen-bond acceptors (Lipinski definition) is 3. The number of imide groups is 1. The number of nitrogens with zero attached hydrogens (tertiary/aromatic N) is 2. The quantitative estimate of drug-likeness (QED) is 0.724. The zero-order valence-corrected chi connectivity index (χ0v) is 8.18. The number of H-pyrrole nitrogens is 1. The van der Waals surface area contributed by atoms with Crippen molar-refractivity contribution in [2.45, 2.75) is 0 Å². The van der Waals surface area contributed by atoms with Crippen molar-refractivity contribution in [2.24, 2.45) is 0 Å². The number of nitrogens with one attached hydrogen (secondary N) is 1. The minimum absolute atomic E-state index is 0.258. The van der Waals surface area contributed by atoms with Crippen molar-refractivity contribution >= 4 is 17.5 Å². The molecule has 0 saturated carbocycles. The van der Waals surface area contributed by atoms with E-state index < -0.39 is 0 Å². The fourth-order valence-corrected chi connectivity index (χ4v) is 1.75. The highest BCUT2D eigenvalue weighted by molar-refractivity contribution is 6.33. The topological polar surface area (TPSA) is 66.1 Å². The molecular weight excluding hydrogens is 206 g/mol. The third-order valence-electron chi connectivity index (χ3n) is 2.50. The number of carbonyl (C=O) groups is 2. The molecule has 0 fully saturated rings. The van der Waals surface area contributed by atoms with Crippen molar-refractivity contribution in [3.8, 4) is 0 Å². The molecule has 0 aliphatic carbocycles. The largest absolute Gasteiger partial charge is 0.284 e. The van der Waals surface area contributed by atoms with Crippen molar-refractivity contribution in [3.63, 3.8) is 0 Å². The lowest BCUT2D eigenvalue weighted by Crippen LogP contribution is -2.29. The summed E-state index contributed by atoms with van der Waals surface area (Å²) in [5.41, 5.74) is 1.16. The summed E-state index contributed by atoms with van der Waals surface area (Å²) in [6.07, 6.45) is 1.37. The van der Waals surface area contributed by atoms with Crippen LogP contribution in [0.2, 0.25) is 0 Å². The molecule has 0 radical (unpaired) electrons. The fraction of sp³-hybridized carbons (Fsp3) is 0. The molecule has 0 unspecified atom stereocenters. The Bertz CT molecular complexity index is 543. The summed E-state index contributed by atoms with van der Waals surface area (Å²) < 4.78 is 0. The van der Waals surface area contributed by atoms with E-state index in [-0.39, 0.29) is 17.5 Å². The molecule has 0 spiro atoms. The average Bonchev–Trinajstić information content (AvgIpc) is 2.86. The molecule has 0 bridgehead atoms. The molecule has 5 heteroatoms. The Kier molecular flexibility index (Phi) is 1.67. The monoisotopic (exact) mass is 213 g/mol. The van der Waals surface area contributed by atoms with Crippen LogP contribution in [0.5, 0.6) is 0 Å². The van der Waals surface area contributed by atoms with Crippen LogP contribution in [0.1, 0.15) is 20.8 Å². The maximum atomic E-state index is 11.9. The molecule has 2 amide bonds. The minimum Gasteiger partial charge on any atom is -0.272 e. The summed E-state index contributed by atoms with van der Waals surface area (Å²) in [7, 11) is 0. The van der Waals surface area contributed by atoms with Gasteiger partial charge in [0.05, 0.1) is 17.4 Å². The zero-order valence-electron chi connectivity index (χ0n) is 8.18. The van der Waals surface area contributed by atoms with Gasteiger partial charge in [-0.2, -0.15) is 5.10 Å². The first-order chi connectivity index (χ1) is 7.79. The molecule has 1 N–H and O–H groups in total. The highest BCUT2D eigenvalue weighted by atomic mass is 16.2. The van der Waals surface area contributed by atoms with Crippen molar-refractivity contribution in [3.05, 3.63) is 47.8 Å². The Morgan fingerprint density at radius 2 is 1.81 bits per heavy atom. The van der Waals surface area contributed by atoms with Crippen LogP contribution in [-0.4, -0.2) is 22.0 Å². The Morgan fingerprint density at radius 1 is 1.06 bits per heavy atom. The van der Waals surface area contributed by atoms with E-state index in [1.54, 1.807) is 24.3 Å². The summed E-state index contributed by atoms with van der Waals surface area (Å²) in [4.78, 5) is 25.0. The van der Waals surface area contributed by atoms with E-state index in [4.69, 9.17) is 0 Å². The summed E-state index contributed by atoms with van der Waals surface area (Å²) in [5, 5.41) is 6.21. The molecule has 1 aliphatic rings. The molecular formula is C11H7N3O2. The lowest BCUT2D eigenvalue weighted by Gasteiger charge is -2.13. The third-order valence-corrected chi connectivity index (χ3v) is 2.50. The van der Waals surface area contributed by atoms with Crippen LogP contribution >= 0.6 is 0 Å². The molecule has 1 aromatic carbocycles. The maximum Gasteiger partial charge on any atom is 0.284 e. The Hall–Kier alpha value is -2.43. The van der Waals surface area contributed by atoms with Crippen molar-refractivity contribution in [1.29, 1.82) is 0 Å². The molecule has 2 aromatic rings. The van der Waals surface area contributed by atoms with Crippen LogP contribution in [0, 0.1) is 0 Å². The first kappa shape index (κ1) is 8.84. The number of fused-ring (bicyclic) bond motifs is 1. The number of rotatable bonds is 1. The molecule has 0 atom stereocenters. The van der Waals surface area contributed by atoms with Gasteiger partial charge in [-0.1, -0.05) is 18.2 Å². The second-order valence-corrected chi connectivity index (χ2v) is 3.44. The summed E-state index contributed by atoms with van der Waals surface area (Å²) >= 11 is 0. The van der Waals surface area contributed by atoms with E-state index >= 15 is 0 Å². The predicted octanol–water partition coefficient (Wildman–Crippen LogP) is 1.21. The SMILES string of the molecule is O=C1c2cn[nH]c2C(=O)N1c1ccccc1. The molecule has 5 nitrogen and oxygen atoms in total. The number of aromatic amines is 1. The highest BCUT2D eigenvalue weighted by Crippen LogP contribution is 2.26. The van der Waals surface area contributed by atoms with Gasteiger partial charge in [-0.15, -0.1) is 0 Å². The van der Waals surface area contributed by atoms with E-state index in [0.717, 1.165) is 4.90 Å². The first-order valence-electron chi connectivity index (χ1n) is 4.76. The summed E-state index contributed by atoms with van der Waals surface area (Å²) in [5.74, 6) is -0.691. The Balaban J connectivity index is 2.11. The van der Waals surface area contributed by atoms with E-state index in [9.17, 15) is 9.59 Å². The second kappa shape index (κ2) is 3.03. The smallest absolute Gasteiger partial charge is 0.272 e. The molecule has 1 aliphatic heterocycles. The third kappa shape index (κ3) is 1.02. The van der Waals surface area contributed by atoms with Gasteiger partial charge in [0.2, 0.25) is 0 Å². The minimum atomic E-state index is -0.358. The molecule has 1 aromatic heterocycles.